The maximum Gasteiger partial charge on any atom is 0.262 e. The van der Waals surface area contributed by atoms with Gasteiger partial charge >= 0.3 is 0 Å². The van der Waals surface area contributed by atoms with Crippen molar-refractivity contribution in [1.29, 1.82) is 0 Å². The molecule has 1 atom stereocenters. The summed E-state index contributed by atoms with van der Waals surface area (Å²) in [6.45, 7) is 4.51. The molecule has 2 heterocycles. The van der Waals surface area contributed by atoms with Crippen LogP contribution in [0.2, 0.25) is 0 Å². The molecule has 0 radical (unpaired) electrons. The Hall–Kier alpha value is -2.18. The zero-order chi connectivity index (χ0) is 19.3. The molecule has 2 aliphatic rings. The van der Waals surface area contributed by atoms with Crippen molar-refractivity contribution in [2.45, 2.75) is 25.3 Å². The summed E-state index contributed by atoms with van der Waals surface area (Å²) in [5.74, 6) is 0.731. The van der Waals surface area contributed by atoms with E-state index in [1.165, 1.54) is 30.7 Å². The second-order valence-electron chi connectivity index (χ2n) is 7.76. The molecule has 1 aromatic heterocycles. The van der Waals surface area contributed by atoms with E-state index in [1.54, 1.807) is 6.07 Å². The molecule has 0 spiro atoms. The Kier molecular flexibility index (Phi) is 6.07. The monoisotopic (exact) mass is 397 g/mol. The normalized spacial score (nSPS) is 18.6. The molecule has 0 bridgehead atoms. The topological polar surface area (TPSA) is 52.7 Å². The maximum absolute atomic E-state index is 13.2. The lowest BCUT2D eigenvalue weighted by Crippen LogP contribution is -2.55. The zero-order valence-electron chi connectivity index (χ0n) is 16.0. The minimum atomic E-state index is -0.535. The number of nitrogens with zero attached hydrogens (tertiary/aromatic N) is 2. The summed E-state index contributed by atoms with van der Waals surface area (Å²) < 4.78 is 0. The summed E-state index contributed by atoms with van der Waals surface area (Å²) in [5, 5.41) is 4.86. The second kappa shape index (κ2) is 8.88. The Morgan fingerprint density at radius 3 is 2.43 bits per heavy atom. The largest absolute Gasteiger partial charge is 0.339 e. The van der Waals surface area contributed by atoms with E-state index in [2.05, 4.69) is 10.2 Å². The number of amides is 2. The molecular weight excluding hydrogens is 370 g/mol. The van der Waals surface area contributed by atoms with Gasteiger partial charge in [-0.2, -0.15) is 0 Å². The van der Waals surface area contributed by atoms with Gasteiger partial charge in [-0.3, -0.25) is 14.5 Å². The lowest BCUT2D eigenvalue weighted by Gasteiger charge is -2.36. The number of hydrogen-bond acceptors (Lipinski definition) is 4. The number of carbonyl (C=O) groups excluding carboxylic acids is 2. The fourth-order valence-corrected chi connectivity index (χ4v) is 4.35. The van der Waals surface area contributed by atoms with E-state index in [0.29, 0.717) is 11.3 Å². The van der Waals surface area contributed by atoms with Crippen molar-refractivity contribution in [1.82, 2.24) is 15.1 Å². The number of nitrogens with one attached hydrogen (secondary N) is 1. The fourth-order valence-electron chi connectivity index (χ4n) is 3.72. The van der Waals surface area contributed by atoms with E-state index >= 15 is 0 Å². The lowest BCUT2D eigenvalue weighted by molar-refractivity contribution is -0.135. The van der Waals surface area contributed by atoms with Crippen molar-refractivity contribution in [3.05, 3.63) is 58.3 Å². The maximum atomic E-state index is 13.2. The Morgan fingerprint density at radius 1 is 1.04 bits per heavy atom. The number of benzene rings is 1. The third-order valence-electron chi connectivity index (χ3n) is 5.53. The van der Waals surface area contributed by atoms with Crippen molar-refractivity contribution in [2.75, 3.05) is 32.7 Å². The molecule has 1 aliphatic carbocycles. The molecule has 2 fully saturated rings. The average molecular weight is 398 g/mol. The Bertz CT molecular complexity index is 781. The summed E-state index contributed by atoms with van der Waals surface area (Å²) >= 11 is 1.39. The van der Waals surface area contributed by atoms with Gasteiger partial charge in [0.15, 0.2) is 0 Å². The first-order valence-electron chi connectivity index (χ1n) is 10.1. The van der Waals surface area contributed by atoms with E-state index in [4.69, 9.17) is 0 Å². The highest BCUT2D eigenvalue weighted by Crippen LogP contribution is 2.30. The van der Waals surface area contributed by atoms with Crippen LogP contribution in [-0.2, 0) is 11.2 Å². The minimum Gasteiger partial charge on any atom is -0.339 e. The molecule has 2 aromatic rings. The van der Waals surface area contributed by atoms with Gasteiger partial charge in [-0.15, -0.1) is 11.3 Å². The molecule has 1 aromatic carbocycles. The Morgan fingerprint density at radius 2 is 1.79 bits per heavy atom. The number of hydrogen-bond donors (Lipinski definition) is 1. The van der Waals surface area contributed by atoms with E-state index in [0.717, 1.165) is 37.7 Å². The third kappa shape index (κ3) is 5.00. The van der Waals surface area contributed by atoms with Gasteiger partial charge in [0.25, 0.3) is 5.91 Å². The number of piperazine rings is 1. The van der Waals surface area contributed by atoms with Gasteiger partial charge in [-0.1, -0.05) is 36.4 Å². The van der Waals surface area contributed by atoms with Gasteiger partial charge in [0.1, 0.15) is 6.04 Å². The van der Waals surface area contributed by atoms with Gasteiger partial charge in [0, 0.05) is 39.1 Å². The van der Waals surface area contributed by atoms with Crippen LogP contribution in [0, 0.1) is 5.92 Å². The molecule has 28 heavy (non-hydrogen) atoms. The molecule has 1 N–H and O–H groups in total. The highest BCUT2D eigenvalue weighted by atomic mass is 32.1. The van der Waals surface area contributed by atoms with E-state index in [1.807, 2.05) is 46.7 Å². The van der Waals surface area contributed by atoms with Crippen LogP contribution in [-0.4, -0.2) is 60.4 Å². The van der Waals surface area contributed by atoms with E-state index < -0.39 is 6.04 Å². The zero-order valence-corrected chi connectivity index (χ0v) is 16.9. The fraction of sp³-hybridized carbons (Fsp3) is 0.455. The summed E-state index contributed by atoms with van der Waals surface area (Å²) in [5.41, 5.74) is 1.06. The first-order valence-corrected chi connectivity index (χ1v) is 11.0. The van der Waals surface area contributed by atoms with Gasteiger partial charge in [0.05, 0.1) is 4.88 Å². The predicted octanol–water partition coefficient (Wildman–Crippen LogP) is 2.64. The van der Waals surface area contributed by atoms with Crippen molar-refractivity contribution >= 4 is 23.2 Å². The lowest BCUT2D eigenvalue weighted by atomic mass is 10.0. The minimum absolute atomic E-state index is 0.0276. The molecule has 2 amide bonds. The number of carbonyl (C=O) groups is 2. The van der Waals surface area contributed by atoms with Crippen LogP contribution in [0.25, 0.3) is 0 Å². The summed E-state index contributed by atoms with van der Waals surface area (Å²) in [6.07, 6.45) is 3.22. The van der Waals surface area contributed by atoms with Crippen LogP contribution in [0.15, 0.2) is 47.8 Å². The number of rotatable bonds is 7. The molecular formula is C22H27N3O2S. The molecule has 1 unspecified atom stereocenters. The molecule has 4 rings (SSSR count). The average Bonchev–Trinajstić information content (AvgIpc) is 3.36. The molecule has 5 nitrogen and oxygen atoms in total. The molecule has 1 saturated heterocycles. The van der Waals surface area contributed by atoms with Crippen molar-refractivity contribution in [3.63, 3.8) is 0 Å². The summed E-state index contributed by atoms with van der Waals surface area (Å²) in [4.78, 5) is 30.9. The van der Waals surface area contributed by atoms with Gasteiger partial charge < -0.3 is 10.2 Å². The molecule has 148 valence electrons. The van der Waals surface area contributed by atoms with Crippen LogP contribution in [0.5, 0.6) is 0 Å². The molecule has 1 saturated carbocycles. The van der Waals surface area contributed by atoms with Crippen LogP contribution in [0.1, 0.15) is 28.1 Å². The summed E-state index contributed by atoms with van der Waals surface area (Å²) in [6, 6.07) is 13.0. The SMILES string of the molecule is O=C(NC(Cc1ccccc1)C(=O)N1CCN(CC2CC2)CC1)c1cccs1. The van der Waals surface area contributed by atoms with Crippen LogP contribution < -0.4 is 5.32 Å². The van der Waals surface area contributed by atoms with Gasteiger partial charge in [-0.05, 0) is 35.8 Å². The Balaban J connectivity index is 1.41. The number of thiophene rings is 1. The van der Waals surface area contributed by atoms with E-state index in [-0.39, 0.29) is 11.8 Å². The molecule has 1 aliphatic heterocycles. The van der Waals surface area contributed by atoms with E-state index in [9.17, 15) is 9.59 Å². The first kappa shape index (κ1) is 19.2. The van der Waals surface area contributed by atoms with Crippen molar-refractivity contribution in [3.8, 4) is 0 Å². The van der Waals surface area contributed by atoms with Gasteiger partial charge in [0.2, 0.25) is 5.91 Å². The van der Waals surface area contributed by atoms with Crippen LogP contribution in [0.4, 0.5) is 0 Å². The smallest absolute Gasteiger partial charge is 0.262 e. The highest BCUT2D eigenvalue weighted by Gasteiger charge is 2.31. The molecule has 6 heteroatoms. The van der Waals surface area contributed by atoms with Gasteiger partial charge in [-0.25, -0.2) is 0 Å². The predicted molar refractivity (Wildman–Crippen MR) is 111 cm³/mol. The third-order valence-corrected chi connectivity index (χ3v) is 6.40. The second-order valence-corrected chi connectivity index (χ2v) is 8.71. The Labute approximate surface area is 170 Å². The quantitative estimate of drug-likeness (QED) is 0.782. The van der Waals surface area contributed by atoms with Crippen molar-refractivity contribution in [2.24, 2.45) is 5.92 Å². The van der Waals surface area contributed by atoms with Crippen LogP contribution in [0.3, 0.4) is 0 Å². The summed E-state index contributed by atoms with van der Waals surface area (Å²) in [7, 11) is 0. The van der Waals surface area contributed by atoms with Crippen molar-refractivity contribution < 1.29 is 9.59 Å². The first-order chi connectivity index (χ1) is 13.7. The standard InChI is InChI=1S/C22H27N3O2S/c26-21(20-7-4-14-28-20)23-19(15-17-5-2-1-3-6-17)22(27)25-12-10-24(11-13-25)16-18-8-9-18/h1-7,14,18-19H,8-13,15-16H2,(H,23,26). The van der Waals surface area contributed by atoms with Crippen LogP contribution >= 0.6 is 11.3 Å². The highest BCUT2D eigenvalue weighted by molar-refractivity contribution is 7.12.